The van der Waals surface area contributed by atoms with E-state index in [4.69, 9.17) is 5.11 Å². The molecule has 2 rings (SSSR count). The molecule has 9 heteroatoms. The van der Waals surface area contributed by atoms with Crippen LogP contribution in [0.5, 0.6) is 0 Å². The lowest BCUT2D eigenvalue weighted by Gasteiger charge is -2.17. The van der Waals surface area contributed by atoms with Crippen LogP contribution in [0.15, 0.2) is 12.1 Å². The van der Waals surface area contributed by atoms with E-state index in [1.165, 1.54) is 13.8 Å². The standard InChI is InChI=1S/C12H11F3N4O2/c1-5(12(20)21)6(2)19-11(16-17-18-19)7-3-4-8(13)10(15)9(7)14/h3-6H,1-2H3,(H,20,21). The van der Waals surface area contributed by atoms with Crippen LogP contribution >= 0.6 is 0 Å². The number of rotatable bonds is 4. The van der Waals surface area contributed by atoms with Gasteiger partial charge in [0.2, 0.25) is 0 Å². The summed E-state index contributed by atoms with van der Waals surface area (Å²) in [5, 5.41) is 19.5. The van der Waals surface area contributed by atoms with E-state index in [9.17, 15) is 18.0 Å². The normalized spacial score (nSPS) is 14.0. The second kappa shape index (κ2) is 5.51. The maximum absolute atomic E-state index is 13.8. The molecule has 2 unspecified atom stereocenters. The first kappa shape index (κ1) is 14.9. The van der Waals surface area contributed by atoms with Crippen LogP contribution < -0.4 is 0 Å². The predicted octanol–water partition coefficient (Wildman–Crippen LogP) is 2.04. The minimum absolute atomic E-state index is 0.174. The summed E-state index contributed by atoms with van der Waals surface area (Å²) in [4.78, 5) is 11.0. The quantitative estimate of drug-likeness (QED) is 0.874. The van der Waals surface area contributed by atoms with Crippen molar-refractivity contribution in [1.82, 2.24) is 20.2 Å². The Morgan fingerprint density at radius 1 is 1.24 bits per heavy atom. The molecular weight excluding hydrogens is 289 g/mol. The third-order valence-electron chi connectivity index (χ3n) is 3.27. The Hall–Kier alpha value is -2.45. The molecular formula is C12H11F3N4O2. The van der Waals surface area contributed by atoms with Crippen molar-refractivity contribution < 1.29 is 23.1 Å². The molecule has 0 spiro atoms. The molecule has 1 N–H and O–H groups in total. The largest absolute Gasteiger partial charge is 0.481 e. The molecule has 1 aromatic heterocycles. The second-order valence-electron chi connectivity index (χ2n) is 4.54. The number of aliphatic carboxylic acids is 1. The van der Waals surface area contributed by atoms with Gasteiger partial charge in [-0.2, -0.15) is 0 Å². The first-order valence-electron chi connectivity index (χ1n) is 5.99. The summed E-state index contributed by atoms with van der Waals surface area (Å²) in [5.41, 5.74) is -0.344. The summed E-state index contributed by atoms with van der Waals surface area (Å²) in [5.74, 6) is -6.52. The first-order valence-corrected chi connectivity index (χ1v) is 5.99. The SMILES string of the molecule is CC(C(=O)O)C(C)n1nnnc1-c1ccc(F)c(F)c1F. The van der Waals surface area contributed by atoms with E-state index >= 15 is 0 Å². The summed E-state index contributed by atoms with van der Waals surface area (Å²) in [6.07, 6.45) is 0. The van der Waals surface area contributed by atoms with Gasteiger partial charge in [-0.3, -0.25) is 4.79 Å². The van der Waals surface area contributed by atoms with E-state index < -0.39 is 35.4 Å². The van der Waals surface area contributed by atoms with E-state index in [0.717, 1.165) is 16.8 Å². The zero-order valence-corrected chi connectivity index (χ0v) is 11.1. The zero-order valence-electron chi connectivity index (χ0n) is 11.1. The van der Waals surface area contributed by atoms with E-state index in [1.807, 2.05) is 0 Å². The number of carboxylic acid groups (broad SMARTS) is 1. The minimum Gasteiger partial charge on any atom is -0.481 e. The van der Waals surface area contributed by atoms with E-state index in [-0.39, 0.29) is 11.4 Å². The van der Waals surface area contributed by atoms with Crippen molar-refractivity contribution in [1.29, 1.82) is 0 Å². The summed E-state index contributed by atoms with van der Waals surface area (Å²) < 4.78 is 41.1. The third-order valence-corrected chi connectivity index (χ3v) is 3.27. The van der Waals surface area contributed by atoms with Crippen molar-refractivity contribution >= 4 is 5.97 Å². The molecule has 0 saturated carbocycles. The highest BCUT2D eigenvalue weighted by molar-refractivity contribution is 5.70. The van der Waals surface area contributed by atoms with Crippen LogP contribution in [0.2, 0.25) is 0 Å². The van der Waals surface area contributed by atoms with Gasteiger partial charge in [0, 0.05) is 0 Å². The van der Waals surface area contributed by atoms with E-state index in [0.29, 0.717) is 0 Å². The number of benzene rings is 1. The van der Waals surface area contributed by atoms with Crippen molar-refractivity contribution in [2.75, 3.05) is 0 Å². The van der Waals surface area contributed by atoms with Crippen molar-refractivity contribution in [3.05, 3.63) is 29.6 Å². The molecule has 2 atom stereocenters. The molecule has 21 heavy (non-hydrogen) atoms. The van der Waals surface area contributed by atoms with Gasteiger partial charge in [-0.15, -0.1) is 5.10 Å². The summed E-state index contributed by atoms with van der Waals surface area (Å²) >= 11 is 0. The lowest BCUT2D eigenvalue weighted by molar-refractivity contribution is -0.142. The molecule has 0 saturated heterocycles. The maximum atomic E-state index is 13.8. The number of hydrogen-bond donors (Lipinski definition) is 1. The summed E-state index contributed by atoms with van der Waals surface area (Å²) in [6.45, 7) is 2.95. The molecule has 6 nitrogen and oxygen atoms in total. The lowest BCUT2D eigenvalue weighted by atomic mass is 10.0. The number of hydrogen-bond acceptors (Lipinski definition) is 4. The van der Waals surface area contributed by atoms with Crippen LogP contribution in [0, 0.1) is 23.4 Å². The van der Waals surface area contributed by atoms with Gasteiger partial charge in [0.15, 0.2) is 23.3 Å². The van der Waals surface area contributed by atoms with Gasteiger partial charge in [0.05, 0.1) is 17.5 Å². The molecule has 0 bridgehead atoms. The van der Waals surface area contributed by atoms with Gasteiger partial charge >= 0.3 is 5.97 Å². The van der Waals surface area contributed by atoms with Gasteiger partial charge in [0.1, 0.15) is 0 Å². The summed E-state index contributed by atoms with van der Waals surface area (Å²) in [6, 6.07) is 1.03. The minimum atomic E-state index is -1.64. The average Bonchev–Trinajstić information content (AvgIpc) is 2.92. The number of carbonyl (C=O) groups is 1. The second-order valence-corrected chi connectivity index (χ2v) is 4.54. The topological polar surface area (TPSA) is 80.9 Å². The van der Waals surface area contributed by atoms with Crippen LogP contribution in [0.3, 0.4) is 0 Å². The molecule has 0 aliphatic rings. The molecule has 2 aromatic rings. The van der Waals surface area contributed by atoms with Crippen LogP contribution in [0.1, 0.15) is 19.9 Å². The molecule has 0 fully saturated rings. The maximum Gasteiger partial charge on any atom is 0.308 e. The highest BCUT2D eigenvalue weighted by Gasteiger charge is 2.27. The Bertz CT molecular complexity index is 689. The Morgan fingerprint density at radius 3 is 2.52 bits per heavy atom. The summed E-state index contributed by atoms with van der Waals surface area (Å²) in [7, 11) is 0. The number of aromatic nitrogens is 4. The highest BCUT2D eigenvalue weighted by atomic mass is 19.2. The van der Waals surface area contributed by atoms with Gasteiger partial charge in [-0.05, 0) is 36.4 Å². The first-order chi connectivity index (χ1) is 9.84. The molecule has 112 valence electrons. The number of nitrogens with zero attached hydrogens (tertiary/aromatic N) is 4. The zero-order chi connectivity index (χ0) is 15.7. The Balaban J connectivity index is 2.51. The van der Waals surface area contributed by atoms with Crippen LogP contribution in [0.4, 0.5) is 13.2 Å². The van der Waals surface area contributed by atoms with Crippen LogP contribution in [-0.2, 0) is 4.79 Å². The van der Waals surface area contributed by atoms with Gasteiger partial charge in [0.25, 0.3) is 0 Å². The van der Waals surface area contributed by atoms with Crippen LogP contribution in [-0.4, -0.2) is 31.3 Å². The van der Waals surface area contributed by atoms with Crippen molar-refractivity contribution in [3.8, 4) is 11.4 Å². The smallest absolute Gasteiger partial charge is 0.308 e. The third kappa shape index (κ3) is 2.58. The van der Waals surface area contributed by atoms with Gasteiger partial charge < -0.3 is 5.11 Å². The molecule has 0 aliphatic carbocycles. The number of tetrazole rings is 1. The fraction of sp³-hybridized carbons (Fsp3) is 0.333. The van der Waals surface area contributed by atoms with Crippen molar-refractivity contribution in [2.45, 2.75) is 19.9 Å². The molecule has 0 amide bonds. The fourth-order valence-corrected chi connectivity index (χ4v) is 1.76. The Morgan fingerprint density at radius 2 is 1.90 bits per heavy atom. The molecule has 0 aliphatic heterocycles. The molecule has 0 radical (unpaired) electrons. The monoisotopic (exact) mass is 300 g/mol. The Kier molecular flexibility index (Phi) is 3.92. The number of carboxylic acids is 1. The van der Waals surface area contributed by atoms with Gasteiger partial charge in [-0.1, -0.05) is 0 Å². The lowest BCUT2D eigenvalue weighted by Crippen LogP contribution is -2.23. The van der Waals surface area contributed by atoms with Crippen LogP contribution in [0.25, 0.3) is 11.4 Å². The van der Waals surface area contributed by atoms with Crippen molar-refractivity contribution in [2.24, 2.45) is 5.92 Å². The molecule has 1 heterocycles. The van der Waals surface area contributed by atoms with Gasteiger partial charge in [-0.25, -0.2) is 17.9 Å². The molecule has 1 aromatic carbocycles. The highest BCUT2D eigenvalue weighted by Crippen LogP contribution is 2.27. The van der Waals surface area contributed by atoms with Crippen molar-refractivity contribution in [3.63, 3.8) is 0 Å². The fourth-order valence-electron chi connectivity index (χ4n) is 1.76. The number of halogens is 3. The Labute approximate surface area is 117 Å². The van der Waals surface area contributed by atoms with E-state index in [2.05, 4.69) is 15.5 Å². The van der Waals surface area contributed by atoms with E-state index in [1.54, 1.807) is 0 Å². The predicted molar refractivity (Wildman–Crippen MR) is 64.6 cm³/mol. The average molecular weight is 300 g/mol.